The van der Waals surface area contributed by atoms with E-state index in [9.17, 15) is 0 Å². The summed E-state index contributed by atoms with van der Waals surface area (Å²) in [5.41, 5.74) is 5.11. The number of imidazole rings is 1. The first-order chi connectivity index (χ1) is 18.1. The number of anilines is 2. The lowest BCUT2D eigenvalue weighted by Crippen LogP contribution is -2.52. The number of hydrogen-bond acceptors (Lipinski definition) is 7. The summed E-state index contributed by atoms with van der Waals surface area (Å²) in [6, 6.07) is 9.78. The molecule has 2 saturated heterocycles. The van der Waals surface area contributed by atoms with Gasteiger partial charge >= 0.3 is 0 Å². The van der Waals surface area contributed by atoms with Crippen molar-refractivity contribution in [2.75, 3.05) is 69.7 Å². The average molecular weight is 571 g/mol. The van der Waals surface area contributed by atoms with Crippen LogP contribution in [0.15, 0.2) is 34.9 Å². The summed E-state index contributed by atoms with van der Waals surface area (Å²) in [7, 11) is 1.78. The van der Waals surface area contributed by atoms with Crippen LogP contribution in [0.25, 0.3) is 22.6 Å². The quantitative estimate of drug-likeness (QED) is 0.357. The summed E-state index contributed by atoms with van der Waals surface area (Å²) in [6.07, 6.45) is 5.24. The molecule has 8 nitrogen and oxygen atoms in total. The molecule has 0 aliphatic carbocycles. The molecule has 4 heterocycles. The molecule has 2 aromatic heterocycles. The van der Waals surface area contributed by atoms with E-state index in [2.05, 4.69) is 84.0 Å². The zero-order chi connectivity index (χ0) is 25.8. The minimum absolute atomic E-state index is 0.457. The monoisotopic (exact) mass is 569 g/mol. The molecule has 3 aromatic rings. The van der Waals surface area contributed by atoms with Gasteiger partial charge in [0.15, 0.2) is 5.65 Å². The number of hydrogen-bond donors (Lipinski definition) is 2. The highest BCUT2D eigenvalue weighted by atomic mass is 79.9. The number of aromatic nitrogens is 3. The number of H-pyrrole nitrogens is 1. The van der Waals surface area contributed by atoms with Crippen molar-refractivity contribution in [1.82, 2.24) is 24.8 Å². The molecule has 0 spiro atoms. The minimum atomic E-state index is 0.457. The minimum Gasteiger partial charge on any atom is -0.385 e. The third-order valence-electron chi connectivity index (χ3n) is 7.92. The fourth-order valence-electron chi connectivity index (χ4n) is 5.61. The molecule has 200 valence electrons. The lowest BCUT2D eigenvalue weighted by Gasteiger charge is -2.41. The second kappa shape index (κ2) is 12.1. The van der Waals surface area contributed by atoms with Crippen LogP contribution in [-0.2, 0) is 4.74 Å². The van der Waals surface area contributed by atoms with E-state index in [-0.39, 0.29) is 0 Å². The van der Waals surface area contributed by atoms with Crippen LogP contribution < -0.4 is 10.2 Å². The molecule has 9 heteroatoms. The van der Waals surface area contributed by atoms with Gasteiger partial charge in [0.1, 0.15) is 11.3 Å². The Bertz CT molecular complexity index is 1160. The SMILES string of the molecule is CCN1CCC(Nc2c(Br)cnc3nc(-c4ccc(N5CCN(CCCOC)C(C)C5)cc4)[nH]c23)CC1. The number of pyridine rings is 1. The molecule has 0 saturated carbocycles. The number of piperidine rings is 1. The van der Waals surface area contributed by atoms with Crippen LogP contribution in [-0.4, -0.2) is 96.4 Å². The Morgan fingerprint density at radius 1 is 1.14 bits per heavy atom. The van der Waals surface area contributed by atoms with Crippen molar-refractivity contribution >= 4 is 38.5 Å². The van der Waals surface area contributed by atoms with Crippen molar-refractivity contribution in [2.24, 2.45) is 0 Å². The molecule has 37 heavy (non-hydrogen) atoms. The van der Waals surface area contributed by atoms with E-state index in [0.717, 1.165) is 104 Å². The van der Waals surface area contributed by atoms with E-state index in [1.807, 2.05) is 6.20 Å². The van der Waals surface area contributed by atoms with Crippen molar-refractivity contribution in [3.8, 4) is 11.4 Å². The summed E-state index contributed by atoms with van der Waals surface area (Å²) in [4.78, 5) is 20.6. The van der Waals surface area contributed by atoms with Gasteiger partial charge in [-0.2, -0.15) is 0 Å². The van der Waals surface area contributed by atoms with E-state index >= 15 is 0 Å². The number of nitrogens with one attached hydrogen (secondary N) is 2. The van der Waals surface area contributed by atoms with Crippen LogP contribution in [0.5, 0.6) is 0 Å². The highest BCUT2D eigenvalue weighted by Gasteiger charge is 2.24. The first-order valence-electron chi connectivity index (χ1n) is 13.7. The smallest absolute Gasteiger partial charge is 0.180 e. The van der Waals surface area contributed by atoms with Crippen LogP contribution >= 0.6 is 15.9 Å². The number of likely N-dealkylation sites (tertiary alicyclic amines) is 1. The summed E-state index contributed by atoms with van der Waals surface area (Å²) >= 11 is 3.72. The van der Waals surface area contributed by atoms with Crippen molar-refractivity contribution in [3.05, 3.63) is 34.9 Å². The third kappa shape index (κ3) is 6.11. The van der Waals surface area contributed by atoms with Crippen LogP contribution in [0, 0.1) is 0 Å². The van der Waals surface area contributed by atoms with Gasteiger partial charge in [-0.25, -0.2) is 9.97 Å². The molecule has 2 N–H and O–H groups in total. The molecular weight excluding hydrogens is 530 g/mol. The number of rotatable bonds is 9. The van der Waals surface area contributed by atoms with Gasteiger partial charge in [-0.15, -0.1) is 0 Å². The number of methoxy groups -OCH3 is 1. The summed E-state index contributed by atoms with van der Waals surface area (Å²) < 4.78 is 6.19. The maximum atomic E-state index is 5.22. The Kier molecular flexibility index (Phi) is 8.64. The van der Waals surface area contributed by atoms with Crippen molar-refractivity contribution in [3.63, 3.8) is 0 Å². The molecule has 2 aliphatic heterocycles. The highest BCUT2D eigenvalue weighted by molar-refractivity contribution is 9.10. The number of nitrogens with zero attached hydrogens (tertiary/aromatic N) is 5. The Balaban J connectivity index is 1.27. The van der Waals surface area contributed by atoms with Gasteiger partial charge in [0.25, 0.3) is 0 Å². The summed E-state index contributed by atoms with van der Waals surface area (Å²) in [5, 5.41) is 3.77. The Morgan fingerprint density at radius 2 is 1.92 bits per heavy atom. The van der Waals surface area contributed by atoms with Gasteiger partial charge in [-0.3, -0.25) is 4.90 Å². The lowest BCUT2D eigenvalue weighted by atomic mass is 10.0. The number of fused-ring (bicyclic) bond motifs is 1. The molecule has 1 atom stereocenters. The molecule has 1 aromatic carbocycles. The van der Waals surface area contributed by atoms with E-state index in [4.69, 9.17) is 9.72 Å². The van der Waals surface area contributed by atoms with Crippen molar-refractivity contribution in [2.45, 2.75) is 45.2 Å². The highest BCUT2D eigenvalue weighted by Crippen LogP contribution is 2.33. The largest absolute Gasteiger partial charge is 0.385 e. The maximum absolute atomic E-state index is 5.22. The Morgan fingerprint density at radius 3 is 2.62 bits per heavy atom. The zero-order valence-electron chi connectivity index (χ0n) is 22.3. The van der Waals surface area contributed by atoms with Gasteiger partial charge in [0, 0.05) is 82.5 Å². The standard InChI is InChI=1S/C28H40BrN7O/c1-4-34-13-10-22(11-14-34)31-25-24(29)18-30-28-26(25)32-27(33-28)21-6-8-23(9-7-21)36-16-15-35(20(2)19-36)12-5-17-37-3/h6-9,18,20,22H,4-5,10-17,19H2,1-3H3,(H2,30,31,32,33). The van der Waals surface area contributed by atoms with E-state index in [1.165, 1.54) is 5.69 Å². The molecule has 0 radical (unpaired) electrons. The van der Waals surface area contributed by atoms with Gasteiger partial charge in [-0.05, 0) is 72.9 Å². The average Bonchev–Trinajstić information content (AvgIpc) is 3.36. The van der Waals surface area contributed by atoms with Gasteiger partial charge in [0.2, 0.25) is 0 Å². The summed E-state index contributed by atoms with van der Waals surface area (Å²) in [5.74, 6) is 0.854. The third-order valence-corrected chi connectivity index (χ3v) is 8.52. The molecule has 5 rings (SSSR count). The van der Waals surface area contributed by atoms with Gasteiger partial charge in [0.05, 0.1) is 10.2 Å². The normalized spacial score (nSPS) is 20.1. The second-order valence-corrected chi connectivity index (χ2v) is 11.2. The molecule has 0 amide bonds. The molecular formula is C28H40BrN7O. The first kappa shape index (κ1) is 26.4. The zero-order valence-corrected chi connectivity index (χ0v) is 23.9. The second-order valence-electron chi connectivity index (χ2n) is 10.3. The molecule has 2 aliphatic rings. The van der Waals surface area contributed by atoms with E-state index in [1.54, 1.807) is 7.11 Å². The number of halogens is 1. The summed E-state index contributed by atoms with van der Waals surface area (Å²) in [6.45, 7) is 13.1. The van der Waals surface area contributed by atoms with Crippen LogP contribution in [0.3, 0.4) is 0 Å². The lowest BCUT2D eigenvalue weighted by molar-refractivity contribution is 0.146. The Labute approximate surface area is 228 Å². The Hall–Kier alpha value is -2.20. The number of aromatic amines is 1. The van der Waals surface area contributed by atoms with Crippen LogP contribution in [0.4, 0.5) is 11.4 Å². The fraction of sp³-hybridized carbons (Fsp3) is 0.571. The van der Waals surface area contributed by atoms with Crippen LogP contribution in [0.2, 0.25) is 0 Å². The number of piperazine rings is 1. The van der Waals surface area contributed by atoms with E-state index < -0.39 is 0 Å². The fourth-order valence-corrected chi connectivity index (χ4v) is 6.03. The predicted molar refractivity (Wildman–Crippen MR) is 156 cm³/mol. The molecule has 2 fully saturated rings. The predicted octanol–water partition coefficient (Wildman–Crippen LogP) is 4.83. The van der Waals surface area contributed by atoms with E-state index in [0.29, 0.717) is 12.1 Å². The molecule has 0 bridgehead atoms. The molecule has 1 unspecified atom stereocenters. The topological polar surface area (TPSA) is 72.6 Å². The number of ether oxygens (including phenoxy) is 1. The van der Waals surface area contributed by atoms with Gasteiger partial charge in [-0.1, -0.05) is 6.92 Å². The van der Waals surface area contributed by atoms with Gasteiger partial charge < -0.3 is 24.8 Å². The number of benzene rings is 1. The van der Waals surface area contributed by atoms with Crippen molar-refractivity contribution < 1.29 is 4.74 Å². The van der Waals surface area contributed by atoms with Crippen molar-refractivity contribution in [1.29, 1.82) is 0 Å². The maximum Gasteiger partial charge on any atom is 0.180 e. The first-order valence-corrected chi connectivity index (χ1v) is 14.5. The van der Waals surface area contributed by atoms with Crippen LogP contribution in [0.1, 0.15) is 33.1 Å².